The number of carbonyl (C=O) groups is 1. The molecule has 33 heavy (non-hydrogen) atoms. The maximum atomic E-state index is 13.2. The van der Waals surface area contributed by atoms with E-state index < -0.39 is 0 Å². The molecular formula is C23H30ClN3O4S2. The van der Waals surface area contributed by atoms with Crippen LogP contribution in [0.15, 0.2) is 41.3 Å². The molecule has 0 unspecified atom stereocenters. The summed E-state index contributed by atoms with van der Waals surface area (Å²) in [7, 11) is 8.88. The van der Waals surface area contributed by atoms with Gasteiger partial charge in [0.1, 0.15) is 27.5 Å². The highest BCUT2D eigenvalue weighted by Crippen LogP contribution is 2.40. The van der Waals surface area contributed by atoms with Crippen molar-refractivity contribution in [1.29, 1.82) is 0 Å². The molecule has 1 heterocycles. The van der Waals surface area contributed by atoms with Crippen LogP contribution in [0.4, 0.5) is 5.13 Å². The van der Waals surface area contributed by atoms with Gasteiger partial charge in [0.25, 0.3) is 0 Å². The molecular weight excluding hydrogens is 482 g/mol. The van der Waals surface area contributed by atoms with Crippen molar-refractivity contribution in [2.45, 2.75) is 11.3 Å². The predicted molar refractivity (Wildman–Crippen MR) is 139 cm³/mol. The van der Waals surface area contributed by atoms with Gasteiger partial charge in [0.15, 0.2) is 5.13 Å². The number of amides is 1. The third-order valence-corrected chi connectivity index (χ3v) is 6.95. The van der Waals surface area contributed by atoms with Gasteiger partial charge < -0.3 is 19.1 Å². The Kier molecular flexibility index (Phi) is 10.6. The lowest BCUT2D eigenvalue weighted by Gasteiger charge is -2.22. The number of fused-ring (bicyclic) bond motifs is 1. The molecule has 180 valence electrons. The number of thiazole rings is 1. The molecule has 3 aromatic rings. The second kappa shape index (κ2) is 12.9. The van der Waals surface area contributed by atoms with Crippen LogP contribution in [0.2, 0.25) is 0 Å². The minimum Gasteiger partial charge on any atom is -0.497 e. The molecule has 0 N–H and O–H groups in total. The Labute approximate surface area is 209 Å². The van der Waals surface area contributed by atoms with Crippen molar-refractivity contribution >= 4 is 56.8 Å². The summed E-state index contributed by atoms with van der Waals surface area (Å²) in [6.45, 7) is 1.30. The van der Waals surface area contributed by atoms with Crippen molar-refractivity contribution < 1.29 is 19.0 Å². The molecule has 2 aromatic carbocycles. The number of likely N-dealkylation sites (N-methyl/N-ethyl adjacent to an activating group) is 1. The highest BCUT2D eigenvalue weighted by molar-refractivity contribution is 7.99. The first-order valence-electron chi connectivity index (χ1n) is 10.2. The monoisotopic (exact) mass is 511 g/mol. The summed E-state index contributed by atoms with van der Waals surface area (Å²) in [5, 5.41) is 0.657. The van der Waals surface area contributed by atoms with Gasteiger partial charge in [-0.2, -0.15) is 0 Å². The Bertz CT molecular complexity index is 1000. The maximum absolute atomic E-state index is 13.2. The van der Waals surface area contributed by atoms with E-state index in [1.165, 1.54) is 11.3 Å². The first-order chi connectivity index (χ1) is 15.5. The van der Waals surface area contributed by atoms with Crippen LogP contribution in [0.3, 0.4) is 0 Å². The molecule has 0 saturated carbocycles. The fraction of sp³-hybridized carbons (Fsp3) is 0.391. The smallest absolute Gasteiger partial charge is 0.229 e. The van der Waals surface area contributed by atoms with E-state index in [0.717, 1.165) is 27.6 Å². The summed E-state index contributed by atoms with van der Waals surface area (Å²) < 4.78 is 17.0. The Balaban J connectivity index is 0.00000385. The van der Waals surface area contributed by atoms with E-state index in [1.54, 1.807) is 38.0 Å². The van der Waals surface area contributed by atoms with Crippen LogP contribution in [0.5, 0.6) is 17.2 Å². The number of rotatable bonds is 11. The summed E-state index contributed by atoms with van der Waals surface area (Å²) in [4.78, 5) is 22.9. The first kappa shape index (κ1) is 27.0. The molecule has 0 radical (unpaired) electrons. The quantitative estimate of drug-likeness (QED) is 0.342. The zero-order valence-corrected chi connectivity index (χ0v) is 21.9. The van der Waals surface area contributed by atoms with Gasteiger partial charge in [0, 0.05) is 30.2 Å². The van der Waals surface area contributed by atoms with E-state index in [0.29, 0.717) is 35.1 Å². The average molecular weight is 512 g/mol. The highest BCUT2D eigenvalue weighted by Gasteiger charge is 2.22. The number of thioether (sulfide) groups is 1. The number of benzene rings is 2. The Hall–Kier alpha value is -2.20. The van der Waals surface area contributed by atoms with Gasteiger partial charge in [-0.3, -0.25) is 9.69 Å². The SMILES string of the molecule is COc1ccc(SCCC(=O)N(CCN(C)C)c2nc3c(OC)ccc(OC)c3s2)cc1.Cl. The van der Waals surface area contributed by atoms with Crippen LogP contribution in [0.1, 0.15) is 6.42 Å². The Morgan fingerprint density at radius 3 is 2.24 bits per heavy atom. The third-order valence-electron chi connectivity index (χ3n) is 4.85. The second-order valence-corrected chi connectivity index (χ2v) is 9.41. The fourth-order valence-corrected chi connectivity index (χ4v) is 5.04. The lowest BCUT2D eigenvalue weighted by molar-refractivity contribution is -0.118. The van der Waals surface area contributed by atoms with Gasteiger partial charge >= 0.3 is 0 Å². The molecule has 7 nitrogen and oxygen atoms in total. The van der Waals surface area contributed by atoms with Crippen LogP contribution in [0, 0.1) is 0 Å². The van der Waals surface area contributed by atoms with Crippen molar-refractivity contribution in [2.75, 3.05) is 59.2 Å². The number of hydrogen-bond donors (Lipinski definition) is 0. The van der Waals surface area contributed by atoms with Gasteiger partial charge in [-0.05, 0) is 50.5 Å². The van der Waals surface area contributed by atoms with Crippen LogP contribution in [-0.2, 0) is 4.79 Å². The average Bonchev–Trinajstić information content (AvgIpc) is 3.24. The van der Waals surface area contributed by atoms with Crippen LogP contribution in [-0.4, -0.2) is 70.1 Å². The van der Waals surface area contributed by atoms with E-state index >= 15 is 0 Å². The molecule has 0 spiro atoms. The van der Waals surface area contributed by atoms with Crippen LogP contribution in [0.25, 0.3) is 10.2 Å². The summed E-state index contributed by atoms with van der Waals surface area (Å²) in [6, 6.07) is 11.6. The zero-order chi connectivity index (χ0) is 23.1. The van der Waals surface area contributed by atoms with Crippen molar-refractivity contribution in [3.05, 3.63) is 36.4 Å². The minimum atomic E-state index is 0. The molecule has 0 saturated heterocycles. The van der Waals surface area contributed by atoms with Gasteiger partial charge in [0.05, 0.1) is 21.3 Å². The standard InChI is InChI=1S/C23H29N3O4S2.ClH/c1-25(2)13-14-26(20(27)12-15-31-17-8-6-16(28-3)7-9-17)23-24-21-18(29-4)10-11-19(30-5)22(21)32-23;/h6-11H,12-15H2,1-5H3;1H. The second-order valence-electron chi connectivity index (χ2n) is 7.27. The van der Waals surface area contributed by atoms with Gasteiger partial charge in [0.2, 0.25) is 5.91 Å². The van der Waals surface area contributed by atoms with Gasteiger partial charge in [-0.1, -0.05) is 11.3 Å². The summed E-state index contributed by atoms with van der Waals surface area (Å²) in [5.74, 6) is 2.94. The first-order valence-corrected chi connectivity index (χ1v) is 12.0. The topological polar surface area (TPSA) is 64.1 Å². The van der Waals surface area contributed by atoms with Crippen molar-refractivity contribution in [3.63, 3.8) is 0 Å². The van der Waals surface area contributed by atoms with E-state index in [1.807, 2.05) is 50.5 Å². The predicted octanol–water partition coefficient (Wildman–Crippen LogP) is 4.82. The molecule has 3 rings (SSSR count). The molecule has 1 aromatic heterocycles. The molecule has 0 fully saturated rings. The molecule has 0 aliphatic rings. The molecule has 1 amide bonds. The number of hydrogen-bond acceptors (Lipinski definition) is 8. The number of ether oxygens (including phenoxy) is 3. The molecule has 0 bridgehead atoms. The fourth-order valence-electron chi connectivity index (χ4n) is 3.08. The molecule has 10 heteroatoms. The van der Waals surface area contributed by atoms with Crippen molar-refractivity contribution in [1.82, 2.24) is 9.88 Å². The molecule has 0 atom stereocenters. The van der Waals surface area contributed by atoms with Gasteiger partial charge in [-0.15, -0.1) is 24.2 Å². The number of aromatic nitrogens is 1. The number of carbonyl (C=O) groups excluding carboxylic acids is 1. The number of nitrogens with zero attached hydrogens (tertiary/aromatic N) is 3. The number of methoxy groups -OCH3 is 3. The Morgan fingerprint density at radius 2 is 1.64 bits per heavy atom. The highest BCUT2D eigenvalue weighted by atomic mass is 35.5. The van der Waals surface area contributed by atoms with E-state index in [9.17, 15) is 4.79 Å². The zero-order valence-electron chi connectivity index (χ0n) is 19.5. The largest absolute Gasteiger partial charge is 0.497 e. The van der Waals surface area contributed by atoms with E-state index in [4.69, 9.17) is 19.2 Å². The van der Waals surface area contributed by atoms with Gasteiger partial charge in [-0.25, -0.2) is 4.98 Å². The van der Waals surface area contributed by atoms with E-state index in [-0.39, 0.29) is 18.3 Å². The summed E-state index contributed by atoms with van der Waals surface area (Å²) >= 11 is 3.10. The third kappa shape index (κ3) is 6.89. The summed E-state index contributed by atoms with van der Waals surface area (Å²) in [5.41, 5.74) is 0.710. The molecule has 0 aliphatic carbocycles. The minimum absolute atomic E-state index is 0. The normalized spacial score (nSPS) is 10.7. The Morgan fingerprint density at radius 1 is 0.970 bits per heavy atom. The molecule has 0 aliphatic heterocycles. The van der Waals surface area contributed by atoms with Crippen LogP contribution >= 0.6 is 35.5 Å². The lowest BCUT2D eigenvalue weighted by atomic mass is 10.3. The number of halogens is 1. The van der Waals surface area contributed by atoms with Crippen LogP contribution < -0.4 is 19.1 Å². The lowest BCUT2D eigenvalue weighted by Crippen LogP contribution is -2.36. The number of anilines is 1. The summed E-state index contributed by atoms with van der Waals surface area (Å²) in [6.07, 6.45) is 0.411. The van der Waals surface area contributed by atoms with E-state index in [2.05, 4.69) is 4.90 Å². The van der Waals surface area contributed by atoms with Crippen molar-refractivity contribution in [2.24, 2.45) is 0 Å². The van der Waals surface area contributed by atoms with Crippen molar-refractivity contribution in [3.8, 4) is 17.2 Å². The maximum Gasteiger partial charge on any atom is 0.229 e.